The zero-order valence-corrected chi connectivity index (χ0v) is 17.4. The highest BCUT2D eigenvalue weighted by Crippen LogP contribution is 2.22. The highest BCUT2D eigenvalue weighted by Gasteiger charge is 2.29. The molecule has 2 aliphatic rings. The van der Waals surface area contributed by atoms with Gasteiger partial charge in [0.25, 0.3) is 5.91 Å². The predicted molar refractivity (Wildman–Crippen MR) is 105 cm³/mol. The van der Waals surface area contributed by atoms with E-state index in [-0.39, 0.29) is 18.2 Å². The van der Waals surface area contributed by atoms with Crippen molar-refractivity contribution in [2.24, 2.45) is 0 Å². The normalized spacial score (nSPS) is 16.4. The van der Waals surface area contributed by atoms with Gasteiger partial charge < -0.3 is 24.2 Å². The molecule has 4 heterocycles. The molecule has 2 aromatic heterocycles. The van der Waals surface area contributed by atoms with Crippen molar-refractivity contribution >= 4 is 11.8 Å². The van der Waals surface area contributed by atoms with Gasteiger partial charge in [-0.25, -0.2) is 0 Å². The van der Waals surface area contributed by atoms with Gasteiger partial charge in [-0.3, -0.25) is 14.3 Å². The Bertz CT molecular complexity index is 909. The fourth-order valence-corrected chi connectivity index (χ4v) is 3.86. The van der Waals surface area contributed by atoms with Crippen LogP contribution in [0.1, 0.15) is 38.8 Å². The Kier molecular flexibility index (Phi) is 6.14. The maximum Gasteiger partial charge on any atom is 0.274 e. The third kappa shape index (κ3) is 4.24. The van der Waals surface area contributed by atoms with E-state index in [9.17, 15) is 9.59 Å². The van der Waals surface area contributed by atoms with Crippen LogP contribution >= 0.6 is 0 Å². The van der Waals surface area contributed by atoms with E-state index in [2.05, 4.69) is 15.6 Å². The van der Waals surface area contributed by atoms with Crippen molar-refractivity contribution in [3.8, 4) is 0 Å². The van der Waals surface area contributed by atoms with E-state index >= 15 is 0 Å². The number of morpholine rings is 1. The van der Waals surface area contributed by atoms with Gasteiger partial charge in [0.2, 0.25) is 5.91 Å². The first kappa shape index (κ1) is 20.5. The number of nitrogens with one attached hydrogen (secondary N) is 1. The SMILES string of the molecule is Cc1noc(C)c1CC(=O)NCCn1nc(C(=O)N2CCOCC2)c2c1CCOC2. The molecule has 162 valence electrons. The molecule has 0 atom stereocenters. The van der Waals surface area contributed by atoms with Crippen molar-refractivity contribution < 1.29 is 23.6 Å². The number of ether oxygens (including phenoxy) is 2. The summed E-state index contributed by atoms with van der Waals surface area (Å²) in [6.45, 7) is 7.75. The van der Waals surface area contributed by atoms with Crippen molar-refractivity contribution in [1.29, 1.82) is 0 Å². The molecule has 1 fully saturated rings. The maximum absolute atomic E-state index is 13.0. The van der Waals surface area contributed by atoms with Crippen molar-refractivity contribution in [1.82, 2.24) is 25.2 Å². The van der Waals surface area contributed by atoms with E-state index < -0.39 is 0 Å². The molecule has 0 saturated carbocycles. The first-order chi connectivity index (χ1) is 14.5. The Morgan fingerprint density at radius 3 is 2.67 bits per heavy atom. The summed E-state index contributed by atoms with van der Waals surface area (Å²) in [4.78, 5) is 27.0. The fraction of sp³-hybridized carbons (Fsp3) is 0.600. The van der Waals surface area contributed by atoms with Crippen LogP contribution in [0.2, 0.25) is 0 Å². The van der Waals surface area contributed by atoms with Gasteiger partial charge in [-0.15, -0.1) is 0 Å². The van der Waals surface area contributed by atoms with Crippen molar-refractivity contribution in [2.75, 3.05) is 39.5 Å². The van der Waals surface area contributed by atoms with Crippen LogP contribution in [0.25, 0.3) is 0 Å². The molecule has 10 heteroatoms. The monoisotopic (exact) mass is 417 g/mol. The van der Waals surface area contributed by atoms with E-state index in [0.717, 1.165) is 22.5 Å². The molecule has 0 unspecified atom stereocenters. The summed E-state index contributed by atoms with van der Waals surface area (Å²) in [5, 5.41) is 11.4. The zero-order valence-electron chi connectivity index (χ0n) is 17.4. The summed E-state index contributed by atoms with van der Waals surface area (Å²) >= 11 is 0. The first-order valence-electron chi connectivity index (χ1n) is 10.3. The highest BCUT2D eigenvalue weighted by molar-refractivity contribution is 5.94. The number of nitrogens with zero attached hydrogens (tertiary/aromatic N) is 4. The number of aromatic nitrogens is 3. The van der Waals surface area contributed by atoms with Crippen molar-refractivity contribution in [3.05, 3.63) is 34.0 Å². The lowest BCUT2D eigenvalue weighted by Crippen LogP contribution is -2.41. The first-order valence-corrected chi connectivity index (χ1v) is 10.3. The van der Waals surface area contributed by atoms with Crippen molar-refractivity contribution in [2.45, 2.75) is 39.8 Å². The molecular weight excluding hydrogens is 390 g/mol. The molecule has 1 N–H and O–H groups in total. The summed E-state index contributed by atoms with van der Waals surface area (Å²) in [5.74, 6) is 0.481. The minimum Gasteiger partial charge on any atom is -0.378 e. The molecule has 0 aromatic carbocycles. The van der Waals surface area contributed by atoms with Gasteiger partial charge in [-0.05, 0) is 13.8 Å². The standard InChI is InChI=1S/C20H27N5O5/c1-13-15(14(2)30-23-13)11-18(26)21-4-5-25-17-3-8-29-12-16(17)19(22-25)20(27)24-6-9-28-10-7-24/h3-12H2,1-2H3,(H,21,26). The van der Waals surface area contributed by atoms with Crippen LogP contribution in [-0.4, -0.2) is 71.1 Å². The number of carbonyl (C=O) groups excluding carboxylic acids is 2. The number of hydrogen-bond donors (Lipinski definition) is 1. The Labute approximate surface area is 174 Å². The number of fused-ring (bicyclic) bond motifs is 1. The molecule has 1 saturated heterocycles. The third-order valence-corrected chi connectivity index (χ3v) is 5.56. The second kappa shape index (κ2) is 8.97. The Morgan fingerprint density at radius 1 is 1.13 bits per heavy atom. The summed E-state index contributed by atoms with van der Waals surface area (Å²) in [5.41, 5.74) is 3.88. The number of aryl methyl sites for hydroxylation is 2. The van der Waals surface area contributed by atoms with Gasteiger partial charge >= 0.3 is 0 Å². The number of carbonyl (C=O) groups is 2. The summed E-state index contributed by atoms with van der Waals surface area (Å²) in [7, 11) is 0. The summed E-state index contributed by atoms with van der Waals surface area (Å²) in [6.07, 6.45) is 0.929. The molecule has 2 aromatic rings. The van der Waals surface area contributed by atoms with E-state index in [1.165, 1.54) is 0 Å². The van der Waals surface area contributed by atoms with Gasteiger partial charge in [0.1, 0.15) is 5.76 Å². The highest BCUT2D eigenvalue weighted by atomic mass is 16.5. The lowest BCUT2D eigenvalue weighted by molar-refractivity contribution is -0.120. The van der Waals surface area contributed by atoms with Gasteiger partial charge in [0.05, 0.1) is 45.1 Å². The van der Waals surface area contributed by atoms with Crippen LogP contribution in [0.5, 0.6) is 0 Å². The minimum atomic E-state index is -0.0987. The molecule has 0 spiro atoms. The Hall–Kier alpha value is -2.72. The molecular formula is C20H27N5O5. The molecule has 2 aliphatic heterocycles. The maximum atomic E-state index is 13.0. The van der Waals surface area contributed by atoms with Gasteiger partial charge in [-0.2, -0.15) is 5.10 Å². The average molecular weight is 417 g/mol. The van der Waals surface area contributed by atoms with E-state index in [1.807, 2.05) is 11.6 Å². The van der Waals surface area contributed by atoms with Gasteiger partial charge in [0, 0.05) is 42.9 Å². The van der Waals surface area contributed by atoms with Gasteiger partial charge in [0.15, 0.2) is 5.69 Å². The smallest absolute Gasteiger partial charge is 0.274 e. The summed E-state index contributed by atoms with van der Waals surface area (Å²) < 4.78 is 17.9. The third-order valence-electron chi connectivity index (χ3n) is 5.56. The molecule has 4 rings (SSSR count). The zero-order chi connectivity index (χ0) is 21.1. The topological polar surface area (TPSA) is 112 Å². The second-order valence-corrected chi connectivity index (χ2v) is 7.53. The van der Waals surface area contributed by atoms with Crippen LogP contribution in [0.3, 0.4) is 0 Å². The van der Waals surface area contributed by atoms with E-state index in [1.54, 1.807) is 11.8 Å². The minimum absolute atomic E-state index is 0.0822. The van der Waals surface area contributed by atoms with Gasteiger partial charge in [-0.1, -0.05) is 5.16 Å². The number of amides is 2. The fourth-order valence-electron chi connectivity index (χ4n) is 3.86. The molecule has 0 aliphatic carbocycles. The summed E-state index contributed by atoms with van der Waals surface area (Å²) in [6, 6.07) is 0. The molecule has 0 radical (unpaired) electrons. The lowest BCUT2D eigenvalue weighted by Gasteiger charge is -2.26. The lowest BCUT2D eigenvalue weighted by atomic mass is 10.1. The van der Waals surface area contributed by atoms with E-state index in [0.29, 0.717) is 70.5 Å². The van der Waals surface area contributed by atoms with Crippen LogP contribution < -0.4 is 5.32 Å². The van der Waals surface area contributed by atoms with E-state index in [4.69, 9.17) is 14.0 Å². The van der Waals surface area contributed by atoms with Crippen LogP contribution in [0.15, 0.2) is 4.52 Å². The predicted octanol–water partition coefficient (Wildman–Crippen LogP) is 0.392. The van der Waals surface area contributed by atoms with Crippen LogP contribution in [-0.2, 0) is 40.3 Å². The molecule has 10 nitrogen and oxygen atoms in total. The molecule has 2 amide bonds. The average Bonchev–Trinajstić information content (AvgIpc) is 3.29. The number of rotatable bonds is 6. The van der Waals surface area contributed by atoms with Crippen molar-refractivity contribution in [3.63, 3.8) is 0 Å². The second-order valence-electron chi connectivity index (χ2n) is 7.53. The molecule has 0 bridgehead atoms. The van der Waals surface area contributed by atoms with Crippen LogP contribution in [0, 0.1) is 13.8 Å². The Morgan fingerprint density at radius 2 is 1.93 bits per heavy atom. The molecule has 30 heavy (non-hydrogen) atoms. The number of hydrogen-bond acceptors (Lipinski definition) is 7. The quantitative estimate of drug-likeness (QED) is 0.724. The van der Waals surface area contributed by atoms with Crippen LogP contribution in [0.4, 0.5) is 0 Å². The largest absolute Gasteiger partial charge is 0.378 e. The Balaban J connectivity index is 1.41.